The summed E-state index contributed by atoms with van der Waals surface area (Å²) in [4.78, 5) is 28.7. The van der Waals surface area contributed by atoms with Gasteiger partial charge in [0.15, 0.2) is 0 Å². The molecule has 2 aromatic rings. The second kappa shape index (κ2) is 8.84. The van der Waals surface area contributed by atoms with Gasteiger partial charge in [0.2, 0.25) is 0 Å². The van der Waals surface area contributed by atoms with Crippen LogP contribution in [0.25, 0.3) is 0 Å². The van der Waals surface area contributed by atoms with Gasteiger partial charge < -0.3 is 20.1 Å². The van der Waals surface area contributed by atoms with Crippen molar-refractivity contribution in [3.63, 3.8) is 0 Å². The summed E-state index contributed by atoms with van der Waals surface area (Å²) >= 11 is 0. The summed E-state index contributed by atoms with van der Waals surface area (Å²) in [5.74, 6) is 0.434. The molecule has 26 heavy (non-hydrogen) atoms. The summed E-state index contributed by atoms with van der Waals surface area (Å²) in [7, 11) is 3.06. The van der Waals surface area contributed by atoms with Crippen molar-refractivity contribution in [2.75, 3.05) is 19.5 Å². The van der Waals surface area contributed by atoms with E-state index in [1.54, 1.807) is 25.3 Å². The van der Waals surface area contributed by atoms with E-state index in [9.17, 15) is 9.59 Å². The zero-order chi connectivity index (χ0) is 19.1. The number of rotatable bonds is 7. The minimum Gasteiger partial charge on any atom is -0.497 e. The first-order chi connectivity index (χ1) is 12.5. The topological polar surface area (TPSA) is 89.6 Å². The van der Waals surface area contributed by atoms with E-state index in [4.69, 9.17) is 9.47 Å². The average Bonchev–Trinajstić information content (AvgIpc) is 2.68. The zero-order valence-corrected chi connectivity index (χ0v) is 15.3. The molecule has 0 saturated heterocycles. The van der Waals surface area contributed by atoms with E-state index in [-0.39, 0.29) is 23.4 Å². The van der Waals surface area contributed by atoms with Gasteiger partial charge in [-0.15, -0.1) is 0 Å². The largest absolute Gasteiger partial charge is 0.497 e. The Balaban J connectivity index is 2.18. The van der Waals surface area contributed by atoms with Crippen LogP contribution in [0.2, 0.25) is 0 Å². The number of nitrogens with one attached hydrogen (secondary N) is 2. The number of carbonyl (C=O) groups excluding carboxylic acids is 2. The average molecular weight is 357 g/mol. The van der Waals surface area contributed by atoms with E-state index in [2.05, 4.69) is 15.6 Å². The Kier molecular flexibility index (Phi) is 6.54. The van der Waals surface area contributed by atoms with Crippen molar-refractivity contribution >= 4 is 17.5 Å². The number of aromatic nitrogens is 1. The highest BCUT2D eigenvalue weighted by atomic mass is 16.5. The molecule has 1 aromatic carbocycles. The van der Waals surface area contributed by atoms with E-state index in [0.717, 1.165) is 6.42 Å². The van der Waals surface area contributed by atoms with Crippen molar-refractivity contribution in [2.24, 2.45) is 0 Å². The van der Waals surface area contributed by atoms with Crippen LogP contribution in [0.5, 0.6) is 11.5 Å². The molecule has 7 heteroatoms. The molecule has 0 saturated carbocycles. The lowest BCUT2D eigenvalue weighted by molar-refractivity contribution is 0.0939. The third kappa shape index (κ3) is 4.72. The highest BCUT2D eigenvalue weighted by Crippen LogP contribution is 2.29. The Morgan fingerprint density at radius 3 is 2.38 bits per heavy atom. The molecule has 138 valence electrons. The summed E-state index contributed by atoms with van der Waals surface area (Å²) < 4.78 is 10.4. The number of amides is 2. The number of pyridine rings is 1. The summed E-state index contributed by atoms with van der Waals surface area (Å²) in [5, 5.41) is 5.60. The molecule has 0 aliphatic rings. The first kappa shape index (κ1) is 19.2. The van der Waals surface area contributed by atoms with Crippen LogP contribution in [-0.4, -0.2) is 37.1 Å². The standard InChI is InChI=1S/C19H23N3O4/c1-5-12(2)21-18(23)13-8-14(11-20-10-13)19(24)22-16-7-6-15(25-3)9-17(16)26-4/h6-12H,5H2,1-4H3,(H,21,23)(H,22,24). The molecule has 1 unspecified atom stereocenters. The Labute approximate surface area is 152 Å². The maximum atomic E-state index is 12.5. The fraction of sp³-hybridized carbons (Fsp3) is 0.316. The Hall–Kier alpha value is -3.09. The molecule has 1 atom stereocenters. The number of hydrogen-bond acceptors (Lipinski definition) is 5. The number of hydrogen-bond donors (Lipinski definition) is 2. The monoisotopic (exact) mass is 357 g/mol. The molecular formula is C19H23N3O4. The molecule has 0 fully saturated rings. The molecule has 0 aliphatic carbocycles. The van der Waals surface area contributed by atoms with Crippen molar-refractivity contribution in [2.45, 2.75) is 26.3 Å². The lowest BCUT2D eigenvalue weighted by Gasteiger charge is -2.13. The molecule has 7 nitrogen and oxygen atoms in total. The number of nitrogens with zero attached hydrogens (tertiary/aromatic N) is 1. The molecule has 0 spiro atoms. The number of anilines is 1. The van der Waals surface area contributed by atoms with Gasteiger partial charge in [-0.1, -0.05) is 6.92 Å². The Bertz CT molecular complexity index is 792. The van der Waals surface area contributed by atoms with E-state index in [1.807, 2.05) is 13.8 Å². The summed E-state index contributed by atoms with van der Waals surface area (Å²) in [6.45, 7) is 3.90. The summed E-state index contributed by atoms with van der Waals surface area (Å²) in [5.41, 5.74) is 1.10. The lowest BCUT2D eigenvalue weighted by atomic mass is 10.1. The third-order valence-electron chi connectivity index (χ3n) is 3.91. The number of carbonyl (C=O) groups is 2. The molecule has 1 heterocycles. The van der Waals surface area contributed by atoms with Crippen LogP contribution in [0.15, 0.2) is 36.7 Å². The molecule has 1 aromatic heterocycles. The third-order valence-corrected chi connectivity index (χ3v) is 3.91. The summed E-state index contributed by atoms with van der Waals surface area (Å²) in [6.07, 6.45) is 3.66. The Morgan fingerprint density at radius 1 is 1.08 bits per heavy atom. The van der Waals surface area contributed by atoms with Crippen molar-refractivity contribution < 1.29 is 19.1 Å². The Morgan fingerprint density at radius 2 is 1.77 bits per heavy atom. The maximum absolute atomic E-state index is 12.5. The van der Waals surface area contributed by atoms with Gasteiger partial charge in [-0.05, 0) is 31.5 Å². The van der Waals surface area contributed by atoms with Crippen molar-refractivity contribution in [3.05, 3.63) is 47.8 Å². The number of methoxy groups -OCH3 is 2. The molecule has 2 amide bonds. The molecule has 0 radical (unpaired) electrons. The second-order valence-corrected chi connectivity index (χ2v) is 5.77. The van der Waals surface area contributed by atoms with Crippen LogP contribution in [0.3, 0.4) is 0 Å². The van der Waals surface area contributed by atoms with E-state index < -0.39 is 0 Å². The van der Waals surface area contributed by atoms with Gasteiger partial charge in [0, 0.05) is 24.5 Å². The smallest absolute Gasteiger partial charge is 0.257 e. The van der Waals surface area contributed by atoms with E-state index in [1.165, 1.54) is 25.6 Å². The van der Waals surface area contributed by atoms with Crippen LogP contribution in [0, 0.1) is 0 Å². The SMILES string of the molecule is CCC(C)NC(=O)c1cncc(C(=O)Nc2ccc(OC)cc2OC)c1. The molecule has 2 rings (SSSR count). The van der Waals surface area contributed by atoms with E-state index >= 15 is 0 Å². The normalized spacial score (nSPS) is 11.4. The first-order valence-electron chi connectivity index (χ1n) is 8.27. The highest BCUT2D eigenvalue weighted by molar-refractivity contribution is 6.06. The van der Waals surface area contributed by atoms with Gasteiger partial charge >= 0.3 is 0 Å². The van der Waals surface area contributed by atoms with Gasteiger partial charge in [-0.3, -0.25) is 14.6 Å². The van der Waals surface area contributed by atoms with Crippen molar-refractivity contribution in [1.82, 2.24) is 10.3 Å². The lowest BCUT2D eigenvalue weighted by Crippen LogP contribution is -2.32. The minimum atomic E-state index is -0.390. The maximum Gasteiger partial charge on any atom is 0.257 e. The molecule has 0 bridgehead atoms. The van der Waals surface area contributed by atoms with Crippen LogP contribution in [0.1, 0.15) is 41.0 Å². The molecule has 0 aliphatic heterocycles. The van der Waals surface area contributed by atoms with Crippen LogP contribution < -0.4 is 20.1 Å². The van der Waals surface area contributed by atoms with Crippen LogP contribution >= 0.6 is 0 Å². The van der Waals surface area contributed by atoms with Crippen molar-refractivity contribution in [3.8, 4) is 11.5 Å². The number of benzene rings is 1. The molecular weight excluding hydrogens is 334 g/mol. The van der Waals surface area contributed by atoms with Gasteiger partial charge in [0.05, 0.1) is 31.0 Å². The van der Waals surface area contributed by atoms with Gasteiger partial charge in [0.1, 0.15) is 11.5 Å². The first-order valence-corrected chi connectivity index (χ1v) is 8.27. The highest BCUT2D eigenvalue weighted by Gasteiger charge is 2.14. The van der Waals surface area contributed by atoms with E-state index in [0.29, 0.717) is 22.7 Å². The number of ether oxygens (including phenoxy) is 2. The predicted molar refractivity (Wildman–Crippen MR) is 99.0 cm³/mol. The van der Waals surface area contributed by atoms with Crippen LogP contribution in [0.4, 0.5) is 5.69 Å². The van der Waals surface area contributed by atoms with Gasteiger partial charge in [-0.25, -0.2) is 0 Å². The fourth-order valence-corrected chi connectivity index (χ4v) is 2.19. The predicted octanol–water partition coefficient (Wildman–Crippen LogP) is 2.88. The van der Waals surface area contributed by atoms with Gasteiger partial charge in [0.25, 0.3) is 11.8 Å². The minimum absolute atomic E-state index is 0.0449. The quantitative estimate of drug-likeness (QED) is 0.795. The second-order valence-electron chi connectivity index (χ2n) is 5.77. The molecule has 2 N–H and O–H groups in total. The van der Waals surface area contributed by atoms with Crippen molar-refractivity contribution in [1.29, 1.82) is 0 Å². The summed E-state index contributed by atoms with van der Waals surface area (Å²) in [6, 6.07) is 6.62. The van der Waals surface area contributed by atoms with Gasteiger partial charge in [-0.2, -0.15) is 0 Å². The zero-order valence-electron chi connectivity index (χ0n) is 15.3. The van der Waals surface area contributed by atoms with Crippen LogP contribution in [-0.2, 0) is 0 Å². The fourth-order valence-electron chi connectivity index (χ4n) is 2.19.